The van der Waals surface area contributed by atoms with Crippen LogP contribution in [0.2, 0.25) is 0 Å². The summed E-state index contributed by atoms with van der Waals surface area (Å²) >= 11 is 0. The van der Waals surface area contributed by atoms with Gasteiger partial charge in [-0.1, -0.05) is 0 Å². The van der Waals surface area contributed by atoms with E-state index in [-0.39, 0.29) is 11.5 Å². The number of aryl methyl sites for hydroxylation is 1. The van der Waals surface area contributed by atoms with Gasteiger partial charge in [0.1, 0.15) is 11.4 Å². The molecular formula is C13H12N2O2. The van der Waals surface area contributed by atoms with E-state index in [1.54, 1.807) is 24.3 Å². The first-order valence-corrected chi connectivity index (χ1v) is 5.65. The zero-order valence-electron chi connectivity index (χ0n) is 9.23. The Bertz CT molecular complexity index is 570. The summed E-state index contributed by atoms with van der Waals surface area (Å²) in [5.41, 5.74) is 3.21. The van der Waals surface area contributed by atoms with E-state index in [1.807, 2.05) is 0 Å². The molecule has 0 saturated heterocycles. The molecule has 0 radical (unpaired) electrons. The number of H-pyrrole nitrogens is 1. The molecule has 0 bridgehead atoms. The number of benzene rings is 1. The molecule has 2 N–H and O–H groups in total. The summed E-state index contributed by atoms with van der Waals surface area (Å²) in [7, 11) is 0. The minimum absolute atomic E-state index is 0.156. The fraction of sp³-hybridized carbons (Fsp3) is 0.231. The van der Waals surface area contributed by atoms with Gasteiger partial charge in [0.15, 0.2) is 5.78 Å². The van der Waals surface area contributed by atoms with Crippen molar-refractivity contribution in [3.8, 4) is 17.0 Å². The van der Waals surface area contributed by atoms with Gasteiger partial charge in [-0.15, -0.1) is 0 Å². The van der Waals surface area contributed by atoms with Crippen molar-refractivity contribution in [2.45, 2.75) is 19.3 Å². The first-order chi connectivity index (χ1) is 8.25. The Kier molecular flexibility index (Phi) is 2.21. The van der Waals surface area contributed by atoms with Crippen LogP contribution in [0.3, 0.4) is 0 Å². The lowest BCUT2D eigenvalue weighted by molar-refractivity contribution is 0.0973. The molecule has 0 unspecified atom stereocenters. The van der Waals surface area contributed by atoms with E-state index in [9.17, 15) is 9.90 Å². The lowest BCUT2D eigenvalue weighted by Crippen LogP contribution is -2.09. The number of nitrogens with one attached hydrogen (secondary N) is 1. The van der Waals surface area contributed by atoms with Crippen molar-refractivity contribution in [3.63, 3.8) is 0 Å². The molecule has 4 heteroatoms. The Morgan fingerprint density at radius 3 is 2.71 bits per heavy atom. The minimum atomic E-state index is 0.156. The van der Waals surface area contributed by atoms with Crippen LogP contribution in [0.4, 0.5) is 0 Å². The summed E-state index contributed by atoms with van der Waals surface area (Å²) in [5, 5.41) is 16.4. The van der Waals surface area contributed by atoms with E-state index >= 15 is 0 Å². The van der Waals surface area contributed by atoms with E-state index in [2.05, 4.69) is 10.2 Å². The molecule has 3 rings (SSSR count). The molecule has 0 amide bonds. The van der Waals surface area contributed by atoms with Gasteiger partial charge in [-0.2, -0.15) is 5.10 Å². The molecule has 1 heterocycles. The predicted molar refractivity (Wildman–Crippen MR) is 63.0 cm³/mol. The fourth-order valence-electron chi connectivity index (χ4n) is 2.24. The van der Waals surface area contributed by atoms with Crippen LogP contribution in [0, 0.1) is 0 Å². The summed E-state index contributed by atoms with van der Waals surface area (Å²) in [4.78, 5) is 11.9. The highest BCUT2D eigenvalue weighted by atomic mass is 16.3. The number of fused-ring (bicyclic) bond motifs is 1. The number of carbonyl (C=O) groups is 1. The van der Waals surface area contributed by atoms with E-state index < -0.39 is 0 Å². The van der Waals surface area contributed by atoms with Crippen molar-refractivity contribution in [1.82, 2.24) is 10.2 Å². The van der Waals surface area contributed by atoms with Gasteiger partial charge >= 0.3 is 0 Å². The highest BCUT2D eigenvalue weighted by molar-refractivity contribution is 6.03. The van der Waals surface area contributed by atoms with Gasteiger partial charge in [-0.3, -0.25) is 9.89 Å². The predicted octanol–water partition coefficient (Wildman–Crippen LogP) is 2.30. The van der Waals surface area contributed by atoms with Gasteiger partial charge in [0, 0.05) is 17.7 Å². The molecule has 1 aliphatic carbocycles. The second kappa shape index (κ2) is 3.73. The Labute approximate surface area is 98.3 Å². The number of phenolic OH excluding ortho intramolecular Hbond substituents is 1. The van der Waals surface area contributed by atoms with Gasteiger partial charge < -0.3 is 5.11 Å². The summed E-state index contributed by atoms with van der Waals surface area (Å²) < 4.78 is 0. The van der Waals surface area contributed by atoms with Crippen molar-refractivity contribution in [1.29, 1.82) is 0 Å². The van der Waals surface area contributed by atoms with Crippen LogP contribution in [0.15, 0.2) is 24.3 Å². The number of Topliss-reactive ketones (excluding diaryl/α,β-unsaturated/α-hetero) is 1. The molecule has 0 spiro atoms. The van der Waals surface area contributed by atoms with Gasteiger partial charge in [0.05, 0.1) is 5.56 Å². The lowest BCUT2D eigenvalue weighted by Gasteiger charge is -2.10. The van der Waals surface area contributed by atoms with Crippen LogP contribution in [-0.4, -0.2) is 21.1 Å². The summed E-state index contributed by atoms with van der Waals surface area (Å²) in [6.45, 7) is 0. The second-order valence-electron chi connectivity index (χ2n) is 4.25. The third kappa shape index (κ3) is 1.62. The molecule has 0 aliphatic heterocycles. The maximum Gasteiger partial charge on any atom is 0.166 e. The summed E-state index contributed by atoms with van der Waals surface area (Å²) in [5.74, 6) is 0.368. The van der Waals surface area contributed by atoms with Gasteiger partial charge in [-0.25, -0.2) is 0 Å². The number of aromatic amines is 1. The molecule has 4 nitrogen and oxygen atoms in total. The Hall–Kier alpha value is -2.10. The van der Waals surface area contributed by atoms with Crippen LogP contribution in [0.5, 0.6) is 5.75 Å². The Balaban J connectivity index is 2.12. The molecular weight excluding hydrogens is 216 g/mol. The summed E-state index contributed by atoms with van der Waals surface area (Å²) in [6.07, 6.45) is 2.37. The van der Waals surface area contributed by atoms with Crippen molar-refractivity contribution in [2.24, 2.45) is 0 Å². The van der Waals surface area contributed by atoms with Gasteiger partial charge in [0.25, 0.3) is 0 Å². The SMILES string of the molecule is O=C1CCCc2[nH]nc(-c3ccc(O)cc3)c21. The average Bonchev–Trinajstić information content (AvgIpc) is 2.75. The van der Waals surface area contributed by atoms with E-state index in [0.29, 0.717) is 12.1 Å². The number of carbonyl (C=O) groups excluding carboxylic acids is 1. The molecule has 86 valence electrons. The molecule has 17 heavy (non-hydrogen) atoms. The smallest absolute Gasteiger partial charge is 0.166 e. The quantitative estimate of drug-likeness (QED) is 0.787. The number of nitrogens with zero attached hydrogens (tertiary/aromatic N) is 1. The van der Waals surface area contributed by atoms with E-state index in [1.165, 1.54) is 0 Å². The number of hydrogen-bond acceptors (Lipinski definition) is 3. The number of hydrogen-bond donors (Lipinski definition) is 2. The van der Waals surface area contributed by atoms with E-state index in [0.717, 1.165) is 29.7 Å². The molecule has 0 atom stereocenters. The Morgan fingerprint density at radius 1 is 1.18 bits per heavy atom. The van der Waals surface area contributed by atoms with E-state index in [4.69, 9.17) is 0 Å². The maximum atomic E-state index is 11.9. The Morgan fingerprint density at radius 2 is 1.94 bits per heavy atom. The van der Waals surface area contributed by atoms with Crippen LogP contribution >= 0.6 is 0 Å². The van der Waals surface area contributed by atoms with Crippen LogP contribution in [-0.2, 0) is 6.42 Å². The molecule has 1 aliphatic rings. The third-order valence-corrected chi connectivity index (χ3v) is 3.09. The zero-order valence-corrected chi connectivity index (χ0v) is 9.23. The third-order valence-electron chi connectivity index (χ3n) is 3.09. The number of phenols is 1. The largest absolute Gasteiger partial charge is 0.508 e. The van der Waals surface area contributed by atoms with Crippen LogP contribution in [0.25, 0.3) is 11.3 Å². The average molecular weight is 228 g/mol. The molecule has 2 aromatic rings. The molecule has 0 fully saturated rings. The topological polar surface area (TPSA) is 66.0 Å². The minimum Gasteiger partial charge on any atom is -0.508 e. The monoisotopic (exact) mass is 228 g/mol. The standard InChI is InChI=1S/C13H12N2O2/c16-9-6-4-8(5-7-9)13-12-10(14-15-13)2-1-3-11(12)17/h4-7,16H,1-3H2,(H,14,15). The van der Waals surface area contributed by atoms with Crippen molar-refractivity contribution < 1.29 is 9.90 Å². The number of aromatic hydroxyl groups is 1. The second-order valence-corrected chi connectivity index (χ2v) is 4.25. The molecule has 1 aromatic carbocycles. The van der Waals surface area contributed by atoms with Gasteiger partial charge in [-0.05, 0) is 37.1 Å². The fourth-order valence-corrected chi connectivity index (χ4v) is 2.24. The van der Waals surface area contributed by atoms with Crippen LogP contribution < -0.4 is 0 Å². The van der Waals surface area contributed by atoms with Crippen molar-refractivity contribution in [3.05, 3.63) is 35.5 Å². The van der Waals surface area contributed by atoms with Crippen molar-refractivity contribution >= 4 is 5.78 Å². The number of ketones is 1. The first kappa shape index (κ1) is 10.1. The summed E-state index contributed by atoms with van der Waals surface area (Å²) in [6, 6.07) is 6.74. The highest BCUT2D eigenvalue weighted by Gasteiger charge is 2.24. The zero-order chi connectivity index (χ0) is 11.8. The lowest BCUT2D eigenvalue weighted by atomic mass is 9.92. The number of aromatic nitrogens is 2. The molecule has 1 aromatic heterocycles. The van der Waals surface area contributed by atoms with Gasteiger partial charge in [0.2, 0.25) is 0 Å². The maximum absolute atomic E-state index is 11.9. The van der Waals surface area contributed by atoms with Crippen molar-refractivity contribution in [2.75, 3.05) is 0 Å². The van der Waals surface area contributed by atoms with Crippen LogP contribution in [0.1, 0.15) is 28.9 Å². The normalized spacial score (nSPS) is 14.7. The highest BCUT2D eigenvalue weighted by Crippen LogP contribution is 2.30. The first-order valence-electron chi connectivity index (χ1n) is 5.65. The number of rotatable bonds is 1. The molecule has 0 saturated carbocycles.